The van der Waals surface area contributed by atoms with Crippen LogP contribution in [0.25, 0.3) is 0 Å². The van der Waals surface area contributed by atoms with E-state index in [0.717, 1.165) is 0 Å². The first-order valence-electron chi connectivity index (χ1n) is 6.39. The number of carbonyl (C=O) groups excluding carboxylic acids is 2. The van der Waals surface area contributed by atoms with Crippen LogP contribution in [0, 0.1) is 0 Å². The lowest BCUT2D eigenvalue weighted by Gasteiger charge is -2.21. The van der Waals surface area contributed by atoms with Crippen LogP contribution in [-0.4, -0.2) is 21.8 Å². The number of benzene rings is 1. The number of hydrogen-bond acceptors (Lipinski definition) is 4. The molecule has 0 spiro atoms. The number of fused-ring (bicyclic) bond motifs is 1. The summed E-state index contributed by atoms with van der Waals surface area (Å²) in [6, 6.07) is 6.15. The van der Waals surface area contributed by atoms with E-state index in [0.29, 0.717) is 5.56 Å². The molecule has 2 heterocycles. The molecular formula is C15H10Cl2N2O3. The monoisotopic (exact) mass is 336 g/mol. The number of nitrogens with one attached hydrogen (secondary N) is 1. The van der Waals surface area contributed by atoms with Crippen molar-refractivity contribution in [2.75, 3.05) is 5.32 Å². The van der Waals surface area contributed by atoms with Crippen molar-refractivity contribution in [3.63, 3.8) is 0 Å². The Labute approximate surface area is 135 Å². The van der Waals surface area contributed by atoms with Gasteiger partial charge >= 0.3 is 0 Å². The molecule has 1 unspecified atom stereocenters. The maximum atomic E-state index is 12.3. The first kappa shape index (κ1) is 15.0. The van der Waals surface area contributed by atoms with Crippen LogP contribution in [0.5, 0.6) is 0 Å². The number of ketones is 1. The maximum absolute atomic E-state index is 12.3. The second-order valence-corrected chi connectivity index (χ2v) is 5.75. The molecule has 2 N–H and O–H groups in total. The summed E-state index contributed by atoms with van der Waals surface area (Å²) in [6.45, 7) is 0. The Morgan fingerprint density at radius 1 is 1.27 bits per heavy atom. The molecule has 0 saturated heterocycles. The fraction of sp³-hybridized carbons (Fsp3) is 0.133. The van der Waals surface area contributed by atoms with Crippen molar-refractivity contribution in [1.82, 2.24) is 4.98 Å². The van der Waals surface area contributed by atoms with Crippen LogP contribution in [0.15, 0.2) is 36.7 Å². The van der Waals surface area contributed by atoms with E-state index in [1.54, 1.807) is 12.1 Å². The second kappa shape index (κ2) is 5.35. The molecule has 0 bridgehead atoms. The summed E-state index contributed by atoms with van der Waals surface area (Å²) in [5, 5.41) is 13.6. The molecule has 1 amide bonds. The van der Waals surface area contributed by atoms with Crippen LogP contribution in [-0.2, 0) is 10.4 Å². The van der Waals surface area contributed by atoms with Crippen LogP contribution in [0.1, 0.15) is 22.3 Å². The molecule has 0 saturated carbocycles. The SMILES string of the molecule is O=C(CC1(O)C(=O)Nc2c(Cl)ccc(Cl)c21)c1cccnc1. The highest BCUT2D eigenvalue weighted by molar-refractivity contribution is 6.38. The molecule has 112 valence electrons. The quantitative estimate of drug-likeness (QED) is 0.844. The molecule has 2 aromatic rings. The van der Waals surface area contributed by atoms with E-state index in [1.807, 2.05) is 0 Å². The van der Waals surface area contributed by atoms with Crippen molar-refractivity contribution in [3.05, 3.63) is 57.8 Å². The van der Waals surface area contributed by atoms with Crippen LogP contribution < -0.4 is 5.32 Å². The van der Waals surface area contributed by atoms with E-state index < -0.39 is 23.7 Å². The minimum atomic E-state index is -2.05. The third-order valence-corrected chi connectivity index (χ3v) is 4.16. The molecule has 1 aliphatic rings. The number of anilines is 1. The summed E-state index contributed by atoms with van der Waals surface area (Å²) < 4.78 is 0. The van der Waals surface area contributed by atoms with E-state index in [1.165, 1.54) is 24.5 Å². The standard InChI is InChI=1S/C15H10Cl2N2O3/c16-9-3-4-10(17)13-12(9)15(22,14(21)19-13)6-11(20)8-2-1-5-18-7-8/h1-5,7,22H,6H2,(H,19,21). The topological polar surface area (TPSA) is 79.3 Å². The number of nitrogens with zero attached hydrogens (tertiary/aromatic N) is 1. The molecule has 0 aliphatic carbocycles. The fourth-order valence-corrected chi connectivity index (χ4v) is 2.96. The molecular weight excluding hydrogens is 327 g/mol. The zero-order chi connectivity index (χ0) is 15.9. The van der Waals surface area contributed by atoms with Crippen LogP contribution in [0.2, 0.25) is 10.0 Å². The maximum Gasteiger partial charge on any atom is 0.261 e. The van der Waals surface area contributed by atoms with E-state index in [9.17, 15) is 14.7 Å². The number of amides is 1. The van der Waals surface area contributed by atoms with Crippen molar-refractivity contribution in [2.24, 2.45) is 0 Å². The lowest BCUT2D eigenvalue weighted by atomic mass is 9.88. The van der Waals surface area contributed by atoms with E-state index in [-0.39, 0.29) is 21.3 Å². The lowest BCUT2D eigenvalue weighted by molar-refractivity contribution is -0.133. The number of Topliss-reactive ketones (excluding diaryl/α,β-unsaturated/α-hetero) is 1. The summed E-state index contributed by atoms with van der Waals surface area (Å²) in [5.41, 5.74) is -1.38. The molecule has 0 fully saturated rings. The summed E-state index contributed by atoms with van der Waals surface area (Å²) >= 11 is 12.1. The van der Waals surface area contributed by atoms with Crippen molar-refractivity contribution in [2.45, 2.75) is 12.0 Å². The Hall–Kier alpha value is -1.95. The highest BCUT2D eigenvalue weighted by Crippen LogP contribution is 2.46. The minimum absolute atomic E-state index is 0.129. The van der Waals surface area contributed by atoms with Gasteiger partial charge in [-0.2, -0.15) is 0 Å². The smallest absolute Gasteiger partial charge is 0.261 e. The Bertz CT molecular complexity index is 780. The number of pyridine rings is 1. The molecule has 1 aliphatic heterocycles. The van der Waals surface area contributed by atoms with Crippen LogP contribution in [0.3, 0.4) is 0 Å². The number of rotatable bonds is 3. The molecule has 1 atom stereocenters. The normalized spacial score (nSPS) is 19.7. The van der Waals surface area contributed by atoms with Crippen LogP contribution in [0.4, 0.5) is 5.69 Å². The molecule has 5 nitrogen and oxygen atoms in total. The van der Waals surface area contributed by atoms with Crippen molar-refractivity contribution in [3.8, 4) is 0 Å². The highest BCUT2D eigenvalue weighted by atomic mass is 35.5. The van der Waals surface area contributed by atoms with Crippen molar-refractivity contribution >= 4 is 40.6 Å². The van der Waals surface area contributed by atoms with Gasteiger partial charge in [-0.1, -0.05) is 23.2 Å². The number of hydrogen-bond donors (Lipinski definition) is 2. The molecule has 1 aromatic carbocycles. The van der Waals surface area contributed by atoms with Crippen molar-refractivity contribution < 1.29 is 14.7 Å². The minimum Gasteiger partial charge on any atom is -0.375 e. The molecule has 1 aromatic heterocycles. The van der Waals surface area contributed by atoms with Gasteiger partial charge in [-0.15, -0.1) is 0 Å². The molecule has 0 radical (unpaired) electrons. The largest absolute Gasteiger partial charge is 0.375 e. The van der Waals surface area contributed by atoms with Gasteiger partial charge in [0.2, 0.25) is 0 Å². The zero-order valence-electron chi connectivity index (χ0n) is 11.1. The van der Waals surface area contributed by atoms with Gasteiger partial charge in [0.15, 0.2) is 11.4 Å². The van der Waals surface area contributed by atoms with Gasteiger partial charge in [0.25, 0.3) is 5.91 Å². The third-order valence-electron chi connectivity index (χ3n) is 3.53. The van der Waals surface area contributed by atoms with Crippen LogP contribution >= 0.6 is 23.2 Å². The molecule has 7 heteroatoms. The van der Waals surface area contributed by atoms with E-state index in [2.05, 4.69) is 10.3 Å². The van der Waals surface area contributed by atoms with Gasteiger partial charge in [-0.25, -0.2) is 0 Å². The summed E-state index contributed by atoms with van der Waals surface area (Å²) in [6.07, 6.45) is 2.45. The second-order valence-electron chi connectivity index (χ2n) is 4.94. The van der Waals surface area contributed by atoms with Gasteiger partial charge < -0.3 is 10.4 Å². The first-order chi connectivity index (χ1) is 10.4. The Morgan fingerprint density at radius 2 is 2.00 bits per heavy atom. The Kier molecular flexibility index (Phi) is 3.64. The van der Waals surface area contributed by atoms with Gasteiger partial charge in [-0.05, 0) is 24.3 Å². The summed E-state index contributed by atoms with van der Waals surface area (Å²) in [5.74, 6) is -1.15. The van der Waals surface area contributed by atoms with Gasteiger partial charge in [0.05, 0.1) is 17.1 Å². The molecule has 3 rings (SSSR count). The predicted molar refractivity (Wildman–Crippen MR) is 82.2 cm³/mol. The summed E-state index contributed by atoms with van der Waals surface area (Å²) in [7, 11) is 0. The van der Waals surface area contributed by atoms with E-state index in [4.69, 9.17) is 23.2 Å². The number of aromatic nitrogens is 1. The first-order valence-corrected chi connectivity index (χ1v) is 7.14. The summed E-state index contributed by atoms with van der Waals surface area (Å²) in [4.78, 5) is 28.3. The van der Waals surface area contributed by atoms with Crippen molar-refractivity contribution in [1.29, 1.82) is 0 Å². The Morgan fingerprint density at radius 3 is 2.68 bits per heavy atom. The predicted octanol–water partition coefficient (Wildman–Crippen LogP) is 2.80. The average molecular weight is 337 g/mol. The Balaban J connectivity index is 2.03. The van der Waals surface area contributed by atoms with Gasteiger partial charge in [-0.3, -0.25) is 14.6 Å². The average Bonchev–Trinajstić information content (AvgIpc) is 2.77. The fourth-order valence-electron chi connectivity index (χ4n) is 2.44. The number of carbonyl (C=O) groups is 2. The highest BCUT2D eigenvalue weighted by Gasteiger charge is 2.49. The zero-order valence-corrected chi connectivity index (χ0v) is 12.6. The van der Waals surface area contributed by atoms with E-state index >= 15 is 0 Å². The number of aliphatic hydroxyl groups is 1. The molecule has 22 heavy (non-hydrogen) atoms. The third kappa shape index (κ3) is 2.27. The van der Waals surface area contributed by atoms with Gasteiger partial charge in [0, 0.05) is 28.5 Å². The lowest BCUT2D eigenvalue weighted by Crippen LogP contribution is -2.36. The number of halogens is 2. The van der Waals surface area contributed by atoms with Gasteiger partial charge in [0.1, 0.15) is 0 Å².